The third-order valence-corrected chi connectivity index (χ3v) is 2.41. The molecule has 0 atom stereocenters. The molecule has 5 heteroatoms. The first-order valence-electron chi connectivity index (χ1n) is 5.35. The summed E-state index contributed by atoms with van der Waals surface area (Å²) in [6.07, 6.45) is 0. The molecule has 3 nitrogen and oxygen atoms in total. The van der Waals surface area contributed by atoms with Crippen molar-refractivity contribution >= 4 is 0 Å². The Bertz CT molecular complexity index is 627. The zero-order valence-electron chi connectivity index (χ0n) is 9.98. The third-order valence-electron chi connectivity index (χ3n) is 2.41. The Balaban J connectivity index is 2.42. The summed E-state index contributed by atoms with van der Waals surface area (Å²) in [6.45, 7) is 0. The Labute approximate surface area is 108 Å². The fourth-order valence-corrected chi connectivity index (χ4v) is 1.54. The monoisotopic (exact) mass is 261 g/mol. The SMILES string of the molecule is COc1ccccc1Oc1c(F)cc(C#N)cc1F. The highest BCUT2D eigenvalue weighted by Crippen LogP contribution is 2.34. The number of methoxy groups -OCH3 is 1. The highest BCUT2D eigenvalue weighted by atomic mass is 19.1. The number of hydrogen-bond donors (Lipinski definition) is 0. The first-order valence-corrected chi connectivity index (χ1v) is 5.35. The Morgan fingerprint density at radius 2 is 1.63 bits per heavy atom. The highest BCUT2D eigenvalue weighted by molar-refractivity contribution is 5.45. The molecule has 0 aliphatic heterocycles. The Morgan fingerprint density at radius 3 is 2.16 bits per heavy atom. The zero-order valence-corrected chi connectivity index (χ0v) is 9.98. The number of ether oxygens (including phenoxy) is 2. The molecule has 0 spiro atoms. The topological polar surface area (TPSA) is 42.2 Å². The van der Waals surface area contributed by atoms with Crippen LogP contribution in [0.5, 0.6) is 17.2 Å². The predicted octanol–water partition coefficient (Wildman–Crippen LogP) is 3.64. The van der Waals surface area contributed by atoms with Crippen LogP contribution >= 0.6 is 0 Å². The molecule has 0 unspecified atom stereocenters. The molecule has 2 aromatic rings. The first kappa shape index (κ1) is 12.8. The lowest BCUT2D eigenvalue weighted by molar-refractivity contribution is 0.359. The normalized spacial score (nSPS) is 9.79. The number of para-hydroxylation sites is 2. The summed E-state index contributed by atoms with van der Waals surface area (Å²) in [7, 11) is 1.42. The van der Waals surface area contributed by atoms with E-state index >= 15 is 0 Å². The molecular weight excluding hydrogens is 252 g/mol. The third kappa shape index (κ3) is 2.63. The smallest absolute Gasteiger partial charge is 0.198 e. The van der Waals surface area contributed by atoms with Crippen LogP contribution in [-0.4, -0.2) is 7.11 Å². The molecule has 0 heterocycles. The lowest BCUT2D eigenvalue weighted by atomic mass is 10.2. The van der Waals surface area contributed by atoms with Crippen LogP contribution in [0.4, 0.5) is 8.78 Å². The number of nitriles is 1. The van der Waals surface area contributed by atoms with Crippen molar-refractivity contribution in [2.24, 2.45) is 0 Å². The average molecular weight is 261 g/mol. The lowest BCUT2D eigenvalue weighted by Crippen LogP contribution is -1.96. The molecule has 19 heavy (non-hydrogen) atoms. The van der Waals surface area contributed by atoms with E-state index in [1.807, 2.05) is 0 Å². The minimum atomic E-state index is -0.942. The van der Waals surface area contributed by atoms with Crippen molar-refractivity contribution in [2.75, 3.05) is 7.11 Å². The fraction of sp³-hybridized carbons (Fsp3) is 0.0714. The molecule has 0 N–H and O–H groups in total. The van der Waals surface area contributed by atoms with Crippen LogP contribution in [0.3, 0.4) is 0 Å². The lowest BCUT2D eigenvalue weighted by Gasteiger charge is -2.11. The van der Waals surface area contributed by atoms with Crippen LogP contribution in [0.15, 0.2) is 36.4 Å². The molecule has 0 saturated carbocycles. The van der Waals surface area contributed by atoms with Gasteiger partial charge in [-0.25, -0.2) is 8.78 Å². The molecule has 2 rings (SSSR count). The summed E-state index contributed by atoms with van der Waals surface area (Å²) in [5.74, 6) is -1.91. The molecule has 2 aromatic carbocycles. The number of nitrogens with zero attached hydrogens (tertiary/aromatic N) is 1. The van der Waals surface area contributed by atoms with Gasteiger partial charge in [-0.1, -0.05) is 12.1 Å². The highest BCUT2D eigenvalue weighted by Gasteiger charge is 2.15. The maximum Gasteiger partial charge on any atom is 0.198 e. The van der Waals surface area contributed by atoms with Gasteiger partial charge in [-0.2, -0.15) is 5.26 Å². The van der Waals surface area contributed by atoms with Crippen molar-refractivity contribution in [2.45, 2.75) is 0 Å². The predicted molar refractivity (Wildman–Crippen MR) is 64.1 cm³/mol. The molecule has 0 amide bonds. The van der Waals surface area contributed by atoms with Crippen molar-refractivity contribution in [3.8, 4) is 23.3 Å². The molecule has 0 aliphatic rings. The second kappa shape index (κ2) is 5.36. The summed E-state index contributed by atoms with van der Waals surface area (Å²) < 4.78 is 37.5. The van der Waals surface area contributed by atoms with E-state index in [9.17, 15) is 8.78 Å². The molecule has 0 fully saturated rings. The van der Waals surface area contributed by atoms with E-state index in [1.54, 1.807) is 24.3 Å². The van der Waals surface area contributed by atoms with Gasteiger partial charge in [0.15, 0.2) is 28.9 Å². The molecule has 0 aliphatic carbocycles. The van der Waals surface area contributed by atoms with Gasteiger partial charge in [0.25, 0.3) is 0 Å². The quantitative estimate of drug-likeness (QED) is 0.847. The van der Waals surface area contributed by atoms with Gasteiger partial charge in [-0.15, -0.1) is 0 Å². The van der Waals surface area contributed by atoms with Crippen molar-refractivity contribution in [3.05, 3.63) is 53.6 Å². The van der Waals surface area contributed by atoms with E-state index in [4.69, 9.17) is 14.7 Å². The van der Waals surface area contributed by atoms with Gasteiger partial charge in [-0.3, -0.25) is 0 Å². The first-order chi connectivity index (χ1) is 9.15. The second-order valence-electron chi connectivity index (χ2n) is 3.63. The summed E-state index contributed by atoms with van der Waals surface area (Å²) in [5.41, 5.74) is -0.109. The Morgan fingerprint density at radius 1 is 1.05 bits per heavy atom. The van der Waals surface area contributed by atoms with Gasteiger partial charge in [-0.05, 0) is 24.3 Å². The number of rotatable bonds is 3. The average Bonchev–Trinajstić information content (AvgIpc) is 2.43. The van der Waals surface area contributed by atoms with Crippen LogP contribution in [0.1, 0.15) is 5.56 Å². The van der Waals surface area contributed by atoms with E-state index in [-0.39, 0.29) is 11.3 Å². The summed E-state index contributed by atoms with van der Waals surface area (Å²) in [4.78, 5) is 0. The van der Waals surface area contributed by atoms with Crippen molar-refractivity contribution in [1.29, 1.82) is 5.26 Å². The van der Waals surface area contributed by atoms with E-state index < -0.39 is 17.4 Å². The molecule has 0 aromatic heterocycles. The largest absolute Gasteiger partial charge is 0.493 e. The molecular formula is C14H9F2NO2. The Kier molecular flexibility index (Phi) is 3.62. The summed E-state index contributed by atoms with van der Waals surface area (Å²) in [5, 5.41) is 8.61. The van der Waals surface area contributed by atoms with Gasteiger partial charge in [0.2, 0.25) is 0 Å². The van der Waals surface area contributed by atoms with E-state index in [2.05, 4.69) is 0 Å². The van der Waals surface area contributed by atoms with Crippen molar-refractivity contribution < 1.29 is 18.3 Å². The van der Waals surface area contributed by atoms with E-state index in [0.29, 0.717) is 5.75 Å². The van der Waals surface area contributed by atoms with Gasteiger partial charge in [0.05, 0.1) is 18.7 Å². The summed E-state index contributed by atoms with van der Waals surface area (Å²) in [6, 6.07) is 9.97. The van der Waals surface area contributed by atoms with Gasteiger partial charge < -0.3 is 9.47 Å². The van der Waals surface area contributed by atoms with Crippen LogP contribution in [0, 0.1) is 23.0 Å². The second-order valence-corrected chi connectivity index (χ2v) is 3.63. The minimum absolute atomic E-state index is 0.109. The molecule has 96 valence electrons. The standard InChI is InChI=1S/C14H9F2NO2/c1-18-12-4-2-3-5-13(12)19-14-10(15)6-9(8-17)7-11(14)16/h2-7H,1H3. The van der Waals surface area contributed by atoms with Gasteiger partial charge in [0.1, 0.15) is 0 Å². The zero-order chi connectivity index (χ0) is 13.8. The van der Waals surface area contributed by atoms with Crippen LogP contribution < -0.4 is 9.47 Å². The minimum Gasteiger partial charge on any atom is -0.493 e. The van der Waals surface area contributed by atoms with Crippen LogP contribution in [-0.2, 0) is 0 Å². The van der Waals surface area contributed by atoms with E-state index in [0.717, 1.165) is 12.1 Å². The van der Waals surface area contributed by atoms with E-state index in [1.165, 1.54) is 13.2 Å². The molecule has 0 saturated heterocycles. The fourth-order valence-electron chi connectivity index (χ4n) is 1.54. The maximum absolute atomic E-state index is 13.7. The number of hydrogen-bond acceptors (Lipinski definition) is 3. The van der Waals surface area contributed by atoms with Gasteiger partial charge in [0, 0.05) is 0 Å². The van der Waals surface area contributed by atoms with Crippen molar-refractivity contribution in [1.82, 2.24) is 0 Å². The molecule has 0 bridgehead atoms. The van der Waals surface area contributed by atoms with Gasteiger partial charge >= 0.3 is 0 Å². The maximum atomic E-state index is 13.7. The van der Waals surface area contributed by atoms with Crippen molar-refractivity contribution in [3.63, 3.8) is 0 Å². The Hall–Kier alpha value is -2.61. The van der Waals surface area contributed by atoms with Crippen LogP contribution in [0.2, 0.25) is 0 Å². The number of halogens is 2. The van der Waals surface area contributed by atoms with Crippen LogP contribution in [0.25, 0.3) is 0 Å². The molecule has 0 radical (unpaired) electrons. The summed E-state index contributed by atoms with van der Waals surface area (Å²) >= 11 is 0. The number of benzene rings is 2.